The van der Waals surface area contributed by atoms with Crippen LogP contribution in [-0.4, -0.2) is 9.55 Å². The Morgan fingerprint density at radius 2 is 1.93 bits per heavy atom. The second kappa shape index (κ2) is 2.75. The molecule has 1 saturated carbocycles. The third-order valence-electron chi connectivity index (χ3n) is 2.75. The Labute approximate surface area is 85.3 Å². The van der Waals surface area contributed by atoms with Gasteiger partial charge in [0, 0.05) is 11.5 Å². The van der Waals surface area contributed by atoms with Crippen LogP contribution in [0.1, 0.15) is 51.2 Å². The molecule has 0 saturated heterocycles. The van der Waals surface area contributed by atoms with Crippen molar-refractivity contribution in [3.63, 3.8) is 0 Å². The molecule has 0 atom stereocenters. The molecule has 1 fully saturated rings. The Morgan fingerprint density at radius 3 is 2.29 bits per heavy atom. The molecule has 0 aliphatic heterocycles. The van der Waals surface area contributed by atoms with E-state index >= 15 is 0 Å². The van der Waals surface area contributed by atoms with E-state index in [-0.39, 0.29) is 5.41 Å². The lowest BCUT2D eigenvalue weighted by Gasteiger charge is -2.16. The molecule has 78 valence electrons. The lowest BCUT2D eigenvalue weighted by Crippen LogP contribution is -2.15. The van der Waals surface area contributed by atoms with Crippen molar-refractivity contribution in [2.45, 2.75) is 52.0 Å². The molecule has 0 unspecified atom stereocenters. The fourth-order valence-corrected chi connectivity index (χ4v) is 1.91. The zero-order chi connectivity index (χ0) is 10.5. The second-order valence-corrected chi connectivity index (χ2v) is 5.24. The molecule has 0 amide bonds. The summed E-state index contributed by atoms with van der Waals surface area (Å²) in [7, 11) is 0. The average molecular weight is 193 g/mol. The van der Waals surface area contributed by atoms with Crippen LogP contribution in [-0.2, 0) is 5.41 Å². The Hall–Kier alpha value is -0.990. The SMILES string of the molecule is Cc1nc(C(C)(C)C)c(N)n1C1CC1. The zero-order valence-corrected chi connectivity index (χ0v) is 9.46. The Balaban J connectivity index is 2.48. The van der Waals surface area contributed by atoms with E-state index in [1.54, 1.807) is 0 Å². The maximum atomic E-state index is 6.13. The van der Waals surface area contributed by atoms with E-state index in [1.165, 1.54) is 12.8 Å². The van der Waals surface area contributed by atoms with Gasteiger partial charge in [0.2, 0.25) is 0 Å². The summed E-state index contributed by atoms with van der Waals surface area (Å²) < 4.78 is 2.20. The van der Waals surface area contributed by atoms with Crippen LogP contribution in [0.2, 0.25) is 0 Å². The molecule has 14 heavy (non-hydrogen) atoms. The highest BCUT2D eigenvalue weighted by Crippen LogP contribution is 2.40. The summed E-state index contributed by atoms with van der Waals surface area (Å²) in [5.74, 6) is 1.94. The summed E-state index contributed by atoms with van der Waals surface area (Å²) in [5.41, 5.74) is 7.23. The summed E-state index contributed by atoms with van der Waals surface area (Å²) in [5, 5.41) is 0. The molecule has 1 aromatic heterocycles. The molecule has 1 aliphatic rings. The number of rotatable bonds is 1. The normalized spacial score (nSPS) is 17.4. The molecule has 0 bridgehead atoms. The molecule has 1 aromatic rings. The van der Waals surface area contributed by atoms with Crippen LogP contribution in [0.4, 0.5) is 5.82 Å². The van der Waals surface area contributed by atoms with E-state index in [0.717, 1.165) is 17.3 Å². The molecule has 0 aromatic carbocycles. The number of hydrogen-bond acceptors (Lipinski definition) is 2. The number of nitrogens with two attached hydrogens (primary N) is 1. The van der Waals surface area contributed by atoms with Crippen LogP contribution >= 0.6 is 0 Å². The lowest BCUT2D eigenvalue weighted by atomic mass is 9.92. The van der Waals surface area contributed by atoms with Crippen LogP contribution in [0, 0.1) is 6.92 Å². The number of anilines is 1. The van der Waals surface area contributed by atoms with Gasteiger partial charge in [-0.3, -0.25) is 0 Å². The third-order valence-corrected chi connectivity index (χ3v) is 2.75. The van der Waals surface area contributed by atoms with Gasteiger partial charge in [-0.1, -0.05) is 20.8 Å². The zero-order valence-electron chi connectivity index (χ0n) is 9.46. The van der Waals surface area contributed by atoms with Crippen LogP contribution in [0.15, 0.2) is 0 Å². The monoisotopic (exact) mass is 193 g/mol. The Bertz CT molecular complexity index is 353. The number of nitrogen functional groups attached to an aromatic ring is 1. The summed E-state index contributed by atoms with van der Waals surface area (Å²) in [6, 6.07) is 0.624. The van der Waals surface area contributed by atoms with Crippen LogP contribution in [0.5, 0.6) is 0 Å². The third kappa shape index (κ3) is 1.41. The first-order valence-corrected chi connectivity index (χ1v) is 5.26. The molecule has 0 spiro atoms. The van der Waals surface area contributed by atoms with E-state index in [1.807, 2.05) is 6.92 Å². The van der Waals surface area contributed by atoms with Crippen molar-refractivity contribution < 1.29 is 0 Å². The van der Waals surface area contributed by atoms with E-state index in [9.17, 15) is 0 Å². The maximum absolute atomic E-state index is 6.13. The van der Waals surface area contributed by atoms with Crippen LogP contribution in [0.25, 0.3) is 0 Å². The predicted molar refractivity (Wildman–Crippen MR) is 58.3 cm³/mol. The topological polar surface area (TPSA) is 43.8 Å². The average Bonchev–Trinajstić information content (AvgIpc) is 2.78. The highest BCUT2D eigenvalue weighted by molar-refractivity contribution is 5.43. The fourth-order valence-electron chi connectivity index (χ4n) is 1.91. The van der Waals surface area contributed by atoms with E-state index in [2.05, 4.69) is 30.3 Å². The number of aryl methyl sites for hydroxylation is 1. The fraction of sp³-hybridized carbons (Fsp3) is 0.727. The number of imidazole rings is 1. The van der Waals surface area contributed by atoms with Gasteiger partial charge in [-0.05, 0) is 19.8 Å². The van der Waals surface area contributed by atoms with Crippen LogP contribution < -0.4 is 5.73 Å². The molecule has 3 heteroatoms. The molecular formula is C11H19N3. The van der Waals surface area contributed by atoms with Crippen molar-refractivity contribution in [3.05, 3.63) is 11.5 Å². The van der Waals surface area contributed by atoms with Crippen molar-refractivity contribution in [2.24, 2.45) is 0 Å². The molecule has 1 heterocycles. The first kappa shape index (κ1) is 9.56. The Kier molecular flexibility index (Phi) is 1.88. The van der Waals surface area contributed by atoms with E-state index < -0.39 is 0 Å². The first-order valence-electron chi connectivity index (χ1n) is 5.26. The van der Waals surface area contributed by atoms with E-state index in [4.69, 9.17) is 5.73 Å². The number of hydrogen-bond donors (Lipinski definition) is 1. The van der Waals surface area contributed by atoms with Gasteiger partial charge in [-0.15, -0.1) is 0 Å². The summed E-state index contributed by atoms with van der Waals surface area (Å²) in [6.45, 7) is 8.51. The predicted octanol–water partition coefficient (Wildman–Crippen LogP) is 2.41. The quantitative estimate of drug-likeness (QED) is 0.744. The van der Waals surface area contributed by atoms with Gasteiger partial charge in [0.15, 0.2) is 0 Å². The largest absolute Gasteiger partial charge is 0.384 e. The van der Waals surface area contributed by atoms with Crippen molar-refractivity contribution in [1.82, 2.24) is 9.55 Å². The highest BCUT2D eigenvalue weighted by Gasteiger charge is 2.31. The Morgan fingerprint density at radius 1 is 1.36 bits per heavy atom. The minimum absolute atomic E-state index is 0.0506. The van der Waals surface area contributed by atoms with Gasteiger partial charge in [0.05, 0.1) is 5.69 Å². The minimum Gasteiger partial charge on any atom is -0.384 e. The molecule has 1 aliphatic carbocycles. The van der Waals surface area contributed by atoms with Crippen molar-refractivity contribution in [3.8, 4) is 0 Å². The van der Waals surface area contributed by atoms with Gasteiger partial charge in [-0.25, -0.2) is 4.98 Å². The van der Waals surface area contributed by atoms with Gasteiger partial charge in [-0.2, -0.15) is 0 Å². The second-order valence-electron chi connectivity index (χ2n) is 5.24. The molecule has 2 N–H and O–H groups in total. The highest BCUT2D eigenvalue weighted by atomic mass is 15.2. The maximum Gasteiger partial charge on any atom is 0.127 e. The van der Waals surface area contributed by atoms with Crippen LogP contribution in [0.3, 0.4) is 0 Å². The molecule has 3 nitrogen and oxygen atoms in total. The summed E-state index contributed by atoms with van der Waals surface area (Å²) in [6.07, 6.45) is 2.51. The minimum atomic E-state index is 0.0506. The van der Waals surface area contributed by atoms with Crippen molar-refractivity contribution in [2.75, 3.05) is 5.73 Å². The molecule has 0 radical (unpaired) electrons. The summed E-state index contributed by atoms with van der Waals surface area (Å²) in [4.78, 5) is 4.58. The van der Waals surface area contributed by atoms with Gasteiger partial charge < -0.3 is 10.3 Å². The van der Waals surface area contributed by atoms with Crippen molar-refractivity contribution in [1.29, 1.82) is 0 Å². The lowest BCUT2D eigenvalue weighted by molar-refractivity contribution is 0.573. The molecular weight excluding hydrogens is 174 g/mol. The van der Waals surface area contributed by atoms with Gasteiger partial charge in [0.1, 0.15) is 11.6 Å². The molecule has 2 rings (SSSR count). The number of nitrogens with zero attached hydrogens (tertiary/aromatic N) is 2. The summed E-state index contributed by atoms with van der Waals surface area (Å²) >= 11 is 0. The standard InChI is InChI=1S/C11H19N3/c1-7-13-9(11(2,3)4)10(12)14(7)8-5-6-8/h8H,5-6,12H2,1-4H3. The smallest absolute Gasteiger partial charge is 0.127 e. The first-order chi connectivity index (χ1) is 6.41. The van der Waals surface area contributed by atoms with E-state index in [0.29, 0.717) is 6.04 Å². The van der Waals surface area contributed by atoms with Gasteiger partial charge in [0.25, 0.3) is 0 Å². The van der Waals surface area contributed by atoms with Gasteiger partial charge >= 0.3 is 0 Å². The number of aromatic nitrogens is 2. The van der Waals surface area contributed by atoms with Crippen molar-refractivity contribution >= 4 is 5.82 Å².